The Morgan fingerprint density at radius 1 is 1.07 bits per heavy atom. The highest BCUT2D eigenvalue weighted by atomic mass is 19.1. The zero-order valence-electron chi connectivity index (χ0n) is 15.6. The van der Waals surface area contributed by atoms with Gasteiger partial charge in [0.05, 0.1) is 0 Å². The Kier molecular flexibility index (Phi) is 4.24. The normalized spacial score (nSPS) is 32.3. The first-order valence-electron chi connectivity index (χ1n) is 10.2. The zero-order chi connectivity index (χ0) is 18.6. The molecule has 6 heteroatoms. The number of hydrogen-bond donors (Lipinski definition) is 1. The van der Waals surface area contributed by atoms with Gasteiger partial charge in [-0.3, -0.25) is 4.79 Å². The van der Waals surface area contributed by atoms with E-state index in [4.69, 9.17) is 0 Å². The fourth-order valence-corrected chi connectivity index (χ4v) is 5.71. The second-order valence-corrected chi connectivity index (χ2v) is 9.15. The Bertz CT molecular complexity index is 717. The first-order chi connectivity index (χ1) is 13.0. The van der Waals surface area contributed by atoms with Gasteiger partial charge in [-0.1, -0.05) is 0 Å². The van der Waals surface area contributed by atoms with Crippen molar-refractivity contribution >= 4 is 5.91 Å². The minimum absolute atomic E-state index is 0.0560. The predicted octanol–water partition coefficient (Wildman–Crippen LogP) is 2.24. The minimum Gasteiger partial charge on any atom is -0.338 e. The summed E-state index contributed by atoms with van der Waals surface area (Å²) < 4.78 is 26.9. The van der Waals surface area contributed by atoms with Gasteiger partial charge in [-0.25, -0.2) is 8.78 Å². The lowest BCUT2D eigenvalue weighted by atomic mass is 9.77. The number of likely N-dealkylation sites (tertiary alicyclic amines) is 2. The molecule has 0 aromatic heterocycles. The van der Waals surface area contributed by atoms with E-state index in [1.807, 2.05) is 0 Å². The van der Waals surface area contributed by atoms with Crippen LogP contribution in [0.3, 0.4) is 0 Å². The molecule has 3 atom stereocenters. The molecular formula is C21H27F2N3O. The van der Waals surface area contributed by atoms with Crippen LogP contribution in [0.15, 0.2) is 18.2 Å². The molecule has 27 heavy (non-hydrogen) atoms. The van der Waals surface area contributed by atoms with Crippen molar-refractivity contribution in [1.82, 2.24) is 15.1 Å². The van der Waals surface area contributed by atoms with Gasteiger partial charge in [-0.15, -0.1) is 0 Å². The molecule has 0 bridgehead atoms. The molecule has 1 N–H and O–H groups in total. The molecule has 1 aliphatic carbocycles. The fourth-order valence-electron chi connectivity index (χ4n) is 5.71. The van der Waals surface area contributed by atoms with Crippen LogP contribution in [0.2, 0.25) is 0 Å². The van der Waals surface area contributed by atoms with Crippen LogP contribution in [0.5, 0.6) is 0 Å². The molecule has 3 aliphatic heterocycles. The van der Waals surface area contributed by atoms with Crippen LogP contribution in [-0.2, 0) is 11.3 Å². The third kappa shape index (κ3) is 3.38. The maximum atomic E-state index is 13.4. The van der Waals surface area contributed by atoms with Crippen molar-refractivity contribution in [3.8, 4) is 0 Å². The molecule has 1 amide bonds. The molecule has 1 aromatic carbocycles. The Balaban J connectivity index is 1.17. The van der Waals surface area contributed by atoms with Gasteiger partial charge < -0.3 is 15.1 Å². The number of nitrogens with one attached hydrogen (secondary N) is 1. The second kappa shape index (κ2) is 6.52. The molecule has 0 radical (unpaired) electrons. The molecule has 1 aromatic rings. The summed E-state index contributed by atoms with van der Waals surface area (Å²) in [6.45, 7) is 6.76. The largest absolute Gasteiger partial charge is 0.338 e. The van der Waals surface area contributed by atoms with Gasteiger partial charge in [-0.05, 0) is 79.9 Å². The van der Waals surface area contributed by atoms with E-state index < -0.39 is 11.6 Å². The molecular weight excluding hydrogens is 348 g/mol. The SMILES string of the molecule is O=C1CC2(CCN(CC3[C@H]4CNC[C@@H]34)CC2)CN1Cc1cc(F)cc(F)c1. The Labute approximate surface area is 158 Å². The molecule has 3 saturated heterocycles. The number of rotatable bonds is 4. The van der Waals surface area contributed by atoms with Crippen molar-refractivity contribution in [2.45, 2.75) is 25.8 Å². The van der Waals surface area contributed by atoms with Gasteiger partial charge >= 0.3 is 0 Å². The van der Waals surface area contributed by atoms with E-state index >= 15 is 0 Å². The number of carbonyl (C=O) groups excluding carboxylic acids is 1. The summed E-state index contributed by atoms with van der Waals surface area (Å²) in [6, 6.07) is 3.52. The average molecular weight is 375 g/mol. The van der Waals surface area contributed by atoms with Crippen LogP contribution in [0.25, 0.3) is 0 Å². The first kappa shape index (κ1) is 17.6. The fraction of sp³-hybridized carbons (Fsp3) is 0.667. The van der Waals surface area contributed by atoms with Crippen LogP contribution in [0, 0.1) is 34.8 Å². The number of amides is 1. The minimum atomic E-state index is -0.584. The predicted molar refractivity (Wildman–Crippen MR) is 97.8 cm³/mol. The number of hydrogen-bond acceptors (Lipinski definition) is 3. The summed E-state index contributed by atoms with van der Waals surface area (Å²) in [5, 5.41) is 3.46. The Morgan fingerprint density at radius 2 is 1.74 bits per heavy atom. The molecule has 1 spiro atoms. The smallest absolute Gasteiger partial charge is 0.223 e. The topological polar surface area (TPSA) is 35.6 Å². The van der Waals surface area contributed by atoms with E-state index in [1.165, 1.54) is 31.8 Å². The maximum absolute atomic E-state index is 13.4. The van der Waals surface area contributed by atoms with E-state index in [0.717, 1.165) is 56.3 Å². The maximum Gasteiger partial charge on any atom is 0.223 e. The van der Waals surface area contributed by atoms with Gasteiger partial charge in [-0.2, -0.15) is 0 Å². The molecule has 1 unspecified atom stereocenters. The highest BCUT2D eigenvalue weighted by Gasteiger charge is 2.53. The van der Waals surface area contributed by atoms with Gasteiger partial charge in [0.25, 0.3) is 0 Å². The number of nitrogens with zero attached hydrogens (tertiary/aromatic N) is 2. The van der Waals surface area contributed by atoms with E-state index in [0.29, 0.717) is 18.5 Å². The lowest BCUT2D eigenvalue weighted by Gasteiger charge is -2.39. The van der Waals surface area contributed by atoms with E-state index in [1.54, 1.807) is 4.90 Å². The molecule has 4 fully saturated rings. The molecule has 5 rings (SSSR count). The quantitative estimate of drug-likeness (QED) is 0.877. The van der Waals surface area contributed by atoms with Crippen molar-refractivity contribution in [2.75, 3.05) is 39.3 Å². The standard InChI is InChI=1S/C21H27F2N3O/c22-15-5-14(6-16(23)7-15)11-26-13-21(8-20(26)27)1-3-25(4-2-21)12-19-17-9-24-10-18(17)19/h5-7,17-19,24H,1-4,8-13H2/t17-,18+,19?. The summed E-state index contributed by atoms with van der Waals surface area (Å²) in [5.41, 5.74) is 0.588. The highest BCUT2D eigenvalue weighted by Crippen LogP contribution is 2.50. The monoisotopic (exact) mass is 375 g/mol. The molecule has 146 valence electrons. The number of fused-ring (bicyclic) bond motifs is 1. The van der Waals surface area contributed by atoms with E-state index in [-0.39, 0.29) is 11.3 Å². The number of halogens is 2. The summed E-state index contributed by atoms with van der Waals surface area (Å²) in [4.78, 5) is 16.9. The van der Waals surface area contributed by atoms with Crippen LogP contribution in [0.4, 0.5) is 8.78 Å². The highest BCUT2D eigenvalue weighted by molar-refractivity contribution is 5.79. The summed E-state index contributed by atoms with van der Waals surface area (Å²) in [5.74, 6) is 1.63. The summed E-state index contributed by atoms with van der Waals surface area (Å²) >= 11 is 0. The summed E-state index contributed by atoms with van der Waals surface area (Å²) in [7, 11) is 0. The van der Waals surface area contributed by atoms with Gasteiger partial charge in [0.2, 0.25) is 5.91 Å². The molecule has 1 saturated carbocycles. The van der Waals surface area contributed by atoms with Crippen LogP contribution >= 0.6 is 0 Å². The Morgan fingerprint density at radius 3 is 2.41 bits per heavy atom. The third-order valence-electron chi connectivity index (χ3n) is 7.36. The number of carbonyl (C=O) groups is 1. The van der Waals surface area contributed by atoms with E-state index in [9.17, 15) is 13.6 Å². The Hall–Kier alpha value is -1.53. The van der Waals surface area contributed by atoms with Gasteiger partial charge in [0.15, 0.2) is 0 Å². The van der Waals surface area contributed by atoms with Crippen LogP contribution in [-0.4, -0.2) is 55.0 Å². The van der Waals surface area contributed by atoms with Crippen molar-refractivity contribution in [3.05, 3.63) is 35.4 Å². The van der Waals surface area contributed by atoms with Crippen molar-refractivity contribution in [1.29, 1.82) is 0 Å². The third-order valence-corrected chi connectivity index (χ3v) is 7.36. The van der Waals surface area contributed by atoms with Crippen LogP contribution in [0.1, 0.15) is 24.8 Å². The molecule has 4 nitrogen and oxygen atoms in total. The average Bonchev–Trinajstić information content (AvgIpc) is 2.93. The number of benzene rings is 1. The van der Waals surface area contributed by atoms with Crippen molar-refractivity contribution < 1.29 is 13.6 Å². The molecule has 3 heterocycles. The van der Waals surface area contributed by atoms with Crippen molar-refractivity contribution in [2.24, 2.45) is 23.2 Å². The zero-order valence-corrected chi connectivity index (χ0v) is 15.6. The lowest BCUT2D eigenvalue weighted by molar-refractivity contribution is -0.128. The molecule has 4 aliphatic rings. The van der Waals surface area contributed by atoms with Crippen molar-refractivity contribution in [3.63, 3.8) is 0 Å². The van der Waals surface area contributed by atoms with Gasteiger partial charge in [0, 0.05) is 32.1 Å². The first-order valence-corrected chi connectivity index (χ1v) is 10.2. The lowest BCUT2D eigenvalue weighted by Crippen LogP contribution is -2.42. The number of piperidine rings is 2. The van der Waals surface area contributed by atoms with Gasteiger partial charge in [0.1, 0.15) is 11.6 Å². The van der Waals surface area contributed by atoms with Crippen LogP contribution < -0.4 is 5.32 Å². The summed E-state index contributed by atoms with van der Waals surface area (Å²) in [6.07, 6.45) is 2.68. The van der Waals surface area contributed by atoms with E-state index in [2.05, 4.69) is 10.2 Å². The second-order valence-electron chi connectivity index (χ2n) is 9.15.